The van der Waals surface area contributed by atoms with Gasteiger partial charge in [-0.1, -0.05) is 20.3 Å². The maximum atomic E-state index is 5.22. The van der Waals surface area contributed by atoms with E-state index in [0.29, 0.717) is 6.04 Å². The van der Waals surface area contributed by atoms with Crippen molar-refractivity contribution >= 4 is 17.3 Å². The van der Waals surface area contributed by atoms with Crippen molar-refractivity contribution in [3.63, 3.8) is 0 Å². The first-order valence-electron chi connectivity index (χ1n) is 5.76. The molecule has 3 heteroatoms. The van der Waals surface area contributed by atoms with Gasteiger partial charge in [0.25, 0.3) is 0 Å². The van der Waals surface area contributed by atoms with Crippen molar-refractivity contribution in [1.29, 1.82) is 0 Å². The fraction of sp³-hybridized carbons (Fsp3) is 0.909. The van der Waals surface area contributed by atoms with Crippen molar-refractivity contribution in [2.24, 2.45) is 5.92 Å². The Morgan fingerprint density at radius 3 is 2.79 bits per heavy atom. The molecule has 0 aromatic heterocycles. The molecule has 2 atom stereocenters. The van der Waals surface area contributed by atoms with Crippen LogP contribution in [0.25, 0.3) is 0 Å². The van der Waals surface area contributed by atoms with Gasteiger partial charge in [0.05, 0.1) is 0 Å². The van der Waals surface area contributed by atoms with Crippen molar-refractivity contribution in [2.75, 3.05) is 6.54 Å². The summed E-state index contributed by atoms with van der Waals surface area (Å²) in [5.74, 6) is 0.867. The highest BCUT2D eigenvalue weighted by molar-refractivity contribution is 7.80. The highest BCUT2D eigenvalue weighted by Gasteiger charge is 2.21. The van der Waals surface area contributed by atoms with Gasteiger partial charge < -0.3 is 10.6 Å². The van der Waals surface area contributed by atoms with Crippen LogP contribution in [0, 0.1) is 5.92 Å². The molecule has 1 rings (SSSR count). The fourth-order valence-corrected chi connectivity index (χ4v) is 2.22. The fourth-order valence-electron chi connectivity index (χ4n) is 1.95. The lowest BCUT2D eigenvalue weighted by Crippen LogP contribution is -2.41. The lowest BCUT2D eigenvalue weighted by molar-refractivity contribution is 0.566. The number of hydrogen-bond donors (Lipinski definition) is 2. The molecular weight excluding hydrogens is 192 g/mol. The molecule has 0 bridgehead atoms. The number of thiocarbonyl (C=S) groups is 1. The van der Waals surface area contributed by atoms with Gasteiger partial charge in [0.1, 0.15) is 0 Å². The molecule has 1 saturated carbocycles. The topological polar surface area (TPSA) is 24.1 Å². The van der Waals surface area contributed by atoms with E-state index in [4.69, 9.17) is 12.2 Å². The Labute approximate surface area is 92.8 Å². The van der Waals surface area contributed by atoms with Crippen molar-refractivity contribution in [3.05, 3.63) is 0 Å². The van der Waals surface area contributed by atoms with Crippen LogP contribution in [0.2, 0.25) is 0 Å². The summed E-state index contributed by atoms with van der Waals surface area (Å²) in [5, 5.41) is 7.48. The summed E-state index contributed by atoms with van der Waals surface area (Å²) in [6.45, 7) is 5.51. The summed E-state index contributed by atoms with van der Waals surface area (Å²) < 4.78 is 0. The standard InChI is InChI=1S/C11H22N2S/c1-3-4-7-12-11(14)13-10-6-5-9(2)8-10/h9-10H,3-8H2,1-2H3,(H2,12,13,14). The van der Waals surface area contributed by atoms with Crippen LogP contribution in [0.5, 0.6) is 0 Å². The first-order chi connectivity index (χ1) is 6.72. The minimum absolute atomic E-state index is 0.617. The molecule has 82 valence electrons. The molecule has 2 N–H and O–H groups in total. The Morgan fingerprint density at radius 1 is 1.43 bits per heavy atom. The van der Waals surface area contributed by atoms with Gasteiger partial charge >= 0.3 is 0 Å². The summed E-state index contributed by atoms with van der Waals surface area (Å²) in [6.07, 6.45) is 6.31. The largest absolute Gasteiger partial charge is 0.363 e. The van der Waals surface area contributed by atoms with E-state index >= 15 is 0 Å². The molecule has 0 heterocycles. The Hall–Kier alpha value is -0.310. The molecule has 0 spiro atoms. The average molecular weight is 214 g/mol. The highest BCUT2D eigenvalue weighted by Crippen LogP contribution is 2.24. The molecule has 2 nitrogen and oxygen atoms in total. The maximum absolute atomic E-state index is 5.22. The van der Waals surface area contributed by atoms with Crippen LogP contribution in [-0.4, -0.2) is 17.7 Å². The second kappa shape index (κ2) is 6.23. The molecule has 0 aliphatic heterocycles. The van der Waals surface area contributed by atoms with Gasteiger partial charge in [0, 0.05) is 12.6 Å². The van der Waals surface area contributed by atoms with Crippen molar-refractivity contribution < 1.29 is 0 Å². The first kappa shape index (κ1) is 11.8. The smallest absolute Gasteiger partial charge is 0.166 e. The lowest BCUT2D eigenvalue weighted by atomic mass is 10.1. The molecule has 0 amide bonds. The van der Waals surface area contributed by atoms with Crippen LogP contribution in [0.1, 0.15) is 46.0 Å². The number of unbranched alkanes of at least 4 members (excludes halogenated alkanes) is 1. The first-order valence-corrected chi connectivity index (χ1v) is 6.17. The third kappa shape index (κ3) is 4.27. The minimum Gasteiger partial charge on any atom is -0.363 e. The Balaban J connectivity index is 2.08. The summed E-state index contributed by atoms with van der Waals surface area (Å²) in [6, 6.07) is 0.617. The third-order valence-electron chi connectivity index (χ3n) is 2.85. The van der Waals surface area contributed by atoms with E-state index in [9.17, 15) is 0 Å². The zero-order valence-corrected chi connectivity index (χ0v) is 10.1. The molecule has 0 aromatic rings. The van der Waals surface area contributed by atoms with Gasteiger partial charge in [0.2, 0.25) is 0 Å². The van der Waals surface area contributed by atoms with Crippen LogP contribution in [0.4, 0.5) is 0 Å². The molecule has 1 aliphatic rings. The molecule has 0 aromatic carbocycles. The van der Waals surface area contributed by atoms with E-state index < -0.39 is 0 Å². The lowest BCUT2D eigenvalue weighted by Gasteiger charge is -2.15. The zero-order chi connectivity index (χ0) is 10.4. The summed E-state index contributed by atoms with van der Waals surface area (Å²) in [7, 11) is 0. The Morgan fingerprint density at radius 2 is 2.21 bits per heavy atom. The number of nitrogens with one attached hydrogen (secondary N) is 2. The Bertz CT molecular complexity index is 182. The van der Waals surface area contributed by atoms with Gasteiger partial charge in [-0.25, -0.2) is 0 Å². The van der Waals surface area contributed by atoms with Crippen molar-refractivity contribution in [1.82, 2.24) is 10.6 Å². The molecule has 0 radical (unpaired) electrons. The summed E-state index contributed by atoms with van der Waals surface area (Å²) in [4.78, 5) is 0. The van der Waals surface area contributed by atoms with E-state index in [0.717, 1.165) is 17.6 Å². The van der Waals surface area contributed by atoms with Gasteiger partial charge in [0.15, 0.2) is 5.11 Å². The van der Waals surface area contributed by atoms with Gasteiger partial charge in [-0.05, 0) is 43.8 Å². The van der Waals surface area contributed by atoms with Crippen molar-refractivity contribution in [3.8, 4) is 0 Å². The van der Waals surface area contributed by atoms with E-state index in [1.165, 1.54) is 32.1 Å². The van der Waals surface area contributed by atoms with E-state index in [2.05, 4.69) is 24.5 Å². The zero-order valence-electron chi connectivity index (χ0n) is 9.31. The second-order valence-electron chi connectivity index (χ2n) is 4.37. The predicted molar refractivity (Wildman–Crippen MR) is 65.4 cm³/mol. The monoisotopic (exact) mass is 214 g/mol. The molecule has 14 heavy (non-hydrogen) atoms. The molecule has 1 fully saturated rings. The quantitative estimate of drug-likeness (QED) is 0.555. The number of rotatable bonds is 4. The van der Waals surface area contributed by atoms with Crippen LogP contribution in [-0.2, 0) is 0 Å². The SMILES string of the molecule is CCCCNC(=S)NC1CCC(C)C1. The van der Waals surface area contributed by atoms with E-state index in [-0.39, 0.29) is 0 Å². The second-order valence-corrected chi connectivity index (χ2v) is 4.78. The van der Waals surface area contributed by atoms with Crippen LogP contribution in [0.3, 0.4) is 0 Å². The predicted octanol–water partition coefficient (Wildman–Crippen LogP) is 2.44. The minimum atomic E-state index is 0.617. The molecular formula is C11H22N2S. The Kier molecular flexibility index (Phi) is 5.23. The van der Waals surface area contributed by atoms with Crippen LogP contribution in [0.15, 0.2) is 0 Å². The maximum Gasteiger partial charge on any atom is 0.166 e. The van der Waals surface area contributed by atoms with Gasteiger partial charge in [-0.3, -0.25) is 0 Å². The average Bonchev–Trinajstić information content (AvgIpc) is 2.52. The van der Waals surface area contributed by atoms with Gasteiger partial charge in [-0.15, -0.1) is 0 Å². The molecule has 0 saturated heterocycles. The van der Waals surface area contributed by atoms with Gasteiger partial charge in [-0.2, -0.15) is 0 Å². The number of hydrogen-bond acceptors (Lipinski definition) is 1. The van der Waals surface area contributed by atoms with Crippen LogP contribution < -0.4 is 10.6 Å². The van der Waals surface area contributed by atoms with E-state index in [1.54, 1.807) is 0 Å². The summed E-state index contributed by atoms with van der Waals surface area (Å²) in [5.41, 5.74) is 0. The normalized spacial score (nSPS) is 26.1. The van der Waals surface area contributed by atoms with Crippen molar-refractivity contribution in [2.45, 2.75) is 52.0 Å². The summed E-state index contributed by atoms with van der Waals surface area (Å²) >= 11 is 5.22. The highest BCUT2D eigenvalue weighted by atomic mass is 32.1. The third-order valence-corrected chi connectivity index (χ3v) is 3.11. The molecule has 1 aliphatic carbocycles. The van der Waals surface area contributed by atoms with E-state index in [1.807, 2.05) is 0 Å². The van der Waals surface area contributed by atoms with Crippen LogP contribution >= 0.6 is 12.2 Å². The molecule has 2 unspecified atom stereocenters.